The third kappa shape index (κ3) is 4.60. The second kappa shape index (κ2) is 8.81. The predicted octanol–water partition coefficient (Wildman–Crippen LogP) is 2.32. The van der Waals surface area contributed by atoms with E-state index in [0.717, 1.165) is 6.42 Å². The Morgan fingerprint density at radius 3 is 2.77 bits per heavy atom. The minimum absolute atomic E-state index is 0.298. The first-order valence-electron chi connectivity index (χ1n) is 10.2. The van der Waals surface area contributed by atoms with E-state index in [4.69, 9.17) is 8.94 Å². The number of aryl methyl sites for hydroxylation is 1. The van der Waals surface area contributed by atoms with Gasteiger partial charge in [0.15, 0.2) is 5.76 Å². The SMILES string of the molecule is Cc1ccccc1CCNC(=O)C1(O)CCN(Cc2nc(-c3ccco3)no2)CC1. The Kier molecular flexibility index (Phi) is 5.96. The molecule has 0 atom stereocenters. The van der Waals surface area contributed by atoms with Gasteiger partial charge in [-0.25, -0.2) is 0 Å². The maximum absolute atomic E-state index is 12.6. The number of nitrogens with zero attached hydrogens (tertiary/aromatic N) is 3. The molecule has 0 aliphatic carbocycles. The van der Waals surface area contributed by atoms with E-state index in [1.165, 1.54) is 11.1 Å². The molecule has 0 bridgehead atoms. The average Bonchev–Trinajstić information content (AvgIpc) is 3.43. The molecule has 1 amide bonds. The Morgan fingerprint density at radius 1 is 1.23 bits per heavy atom. The zero-order valence-corrected chi connectivity index (χ0v) is 17.0. The number of likely N-dealkylation sites (tertiary alicyclic amines) is 1. The number of rotatable bonds is 7. The third-order valence-corrected chi connectivity index (χ3v) is 5.62. The molecule has 1 saturated heterocycles. The highest BCUT2D eigenvalue weighted by molar-refractivity contribution is 5.85. The van der Waals surface area contributed by atoms with Crippen LogP contribution in [0.1, 0.15) is 29.9 Å². The second-order valence-corrected chi connectivity index (χ2v) is 7.73. The van der Waals surface area contributed by atoms with Crippen molar-refractivity contribution in [3.8, 4) is 11.6 Å². The number of amides is 1. The van der Waals surface area contributed by atoms with Crippen molar-refractivity contribution in [2.75, 3.05) is 19.6 Å². The van der Waals surface area contributed by atoms with Gasteiger partial charge in [0.25, 0.3) is 5.91 Å². The van der Waals surface area contributed by atoms with Gasteiger partial charge in [0.2, 0.25) is 11.7 Å². The number of furan rings is 1. The topological polar surface area (TPSA) is 105 Å². The fraction of sp³-hybridized carbons (Fsp3) is 0.409. The second-order valence-electron chi connectivity index (χ2n) is 7.73. The first-order valence-corrected chi connectivity index (χ1v) is 10.2. The van der Waals surface area contributed by atoms with Crippen molar-refractivity contribution in [2.45, 2.75) is 38.3 Å². The smallest absolute Gasteiger partial charge is 0.252 e. The highest BCUT2D eigenvalue weighted by Gasteiger charge is 2.39. The average molecular weight is 410 g/mol. The summed E-state index contributed by atoms with van der Waals surface area (Å²) in [6.07, 6.45) is 3.03. The van der Waals surface area contributed by atoms with Crippen LogP contribution in [-0.2, 0) is 17.8 Å². The molecule has 1 fully saturated rings. The molecule has 1 aliphatic heterocycles. The van der Waals surface area contributed by atoms with Crippen LogP contribution >= 0.6 is 0 Å². The predicted molar refractivity (Wildman–Crippen MR) is 109 cm³/mol. The lowest BCUT2D eigenvalue weighted by Gasteiger charge is -2.36. The summed E-state index contributed by atoms with van der Waals surface area (Å²) in [7, 11) is 0. The Morgan fingerprint density at radius 2 is 2.03 bits per heavy atom. The number of hydrogen-bond donors (Lipinski definition) is 2. The number of piperidine rings is 1. The van der Waals surface area contributed by atoms with Gasteiger partial charge in [-0.15, -0.1) is 0 Å². The minimum atomic E-state index is -1.34. The van der Waals surface area contributed by atoms with Crippen molar-refractivity contribution in [1.82, 2.24) is 20.4 Å². The molecule has 1 aromatic carbocycles. The van der Waals surface area contributed by atoms with Crippen molar-refractivity contribution in [3.05, 3.63) is 59.7 Å². The molecule has 0 saturated carbocycles. The molecule has 2 aromatic heterocycles. The van der Waals surface area contributed by atoms with E-state index in [9.17, 15) is 9.90 Å². The number of aliphatic hydroxyl groups is 1. The summed E-state index contributed by atoms with van der Waals surface area (Å²) in [5.74, 6) is 1.15. The number of aromatic nitrogens is 2. The number of nitrogens with one attached hydrogen (secondary N) is 1. The maximum Gasteiger partial charge on any atom is 0.252 e. The maximum atomic E-state index is 12.6. The van der Waals surface area contributed by atoms with Crippen LogP contribution in [0.15, 0.2) is 51.6 Å². The highest BCUT2D eigenvalue weighted by Crippen LogP contribution is 2.24. The van der Waals surface area contributed by atoms with Gasteiger partial charge in [0, 0.05) is 19.6 Å². The van der Waals surface area contributed by atoms with Crippen LogP contribution in [0.4, 0.5) is 0 Å². The molecule has 0 radical (unpaired) electrons. The van der Waals surface area contributed by atoms with Crippen molar-refractivity contribution < 1.29 is 18.8 Å². The van der Waals surface area contributed by atoms with E-state index in [-0.39, 0.29) is 5.91 Å². The summed E-state index contributed by atoms with van der Waals surface area (Å²) in [5, 5.41) is 17.6. The van der Waals surface area contributed by atoms with E-state index >= 15 is 0 Å². The summed E-state index contributed by atoms with van der Waals surface area (Å²) in [5.41, 5.74) is 1.07. The van der Waals surface area contributed by atoms with Crippen molar-refractivity contribution in [2.24, 2.45) is 0 Å². The van der Waals surface area contributed by atoms with Gasteiger partial charge in [0.1, 0.15) is 5.60 Å². The van der Waals surface area contributed by atoms with E-state index in [0.29, 0.717) is 56.5 Å². The molecule has 3 aromatic rings. The molecular formula is C22H26N4O4. The number of carbonyl (C=O) groups is 1. The van der Waals surface area contributed by atoms with E-state index in [2.05, 4.69) is 39.4 Å². The molecule has 8 heteroatoms. The molecule has 1 aliphatic rings. The van der Waals surface area contributed by atoms with E-state index < -0.39 is 5.60 Å². The molecule has 0 unspecified atom stereocenters. The number of carbonyl (C=O) groups excluding carboxylic acids is 1. The first kappa shape index (κ1) is 20.3. The van der Waals surface area contributed by atoms with Gasteiger partial charge in [0.05, 0.1) is 12.8 Å². The van der Waals surface area contributed by atoms with Gasteiger partial charge in [-0.05, 0) is 49.4 Å². The van der Waals surface area contributed by atoms with Crippen LogP contribution in [0.5, 0.6) is 0 Å². The molecule has 0 spiro atoms. The fourth-order valence-electron chi connectivity index (χ4n) is 3.69. The molecule has 30 heavy (non-hydrogen) atoms. The van der Waals surface area contributed by atoms with Gasteiger partial charge < -0.3 is 19.4 Å². The zero-order chi connectivity index (χ0) is 21.0. The van der Waals surface area contributed by atoms with E-state index in [1.54, 1.807) is 18.4 Å². The van der Waals surface area contributed by atoms with Crippen LogP contribution < -0.4 is 5.32 Å². The number of benzene rings is 1. The summed E-state index contributed by atoms with van der Waals surface area (Å²) in [4.78, 5) is 19.0. The van der Waals surface area contributed by atoms with Crippen molar-refractivity contribution >= 4 is 5.91 Å². The largest absolute Gasteiger partial charge is 0.461 e. The fourth-order valence-corrected chi connectivity index (χ4v) is 3.69. The van der Waals surface area contributed by atoms with Gasteiger partial charge in [-0.3, -0.25) is 9.69 Å². The van der Waals surface area contributed by atoms with Crippen LogP contribution in [0.3, 0.4) is 0 Å². The molecule has 2 N–H and O–H groups in total. The first-order chi connectivity index (χ1) is 14.5. The summed E-state index contributed by atoms with van der Waals surface area (Å²) in [6.45, 7) is 4.17. The minimum Gasteiger partial charge on any atom is -0.461 e. The molecular weight excluding hydrogens is 384 g/mol. The van der Waals surface area contributed by atoms with Crippen LogP contribution in [0.25, 0.3) is 11.6 Å². The lowest BCUT2D eigenvalue weighted by atomic mass is 9.90. The standard InChI is InChI=1S/C22H26N4O4/c1-16-5-2-3-6-17(16)8-11-23-21(27)22(28)9-12-26(13-10-22)15-19-24-20(25-30-19)18-7-4-14-29-18/h2-7,14,28H,8-13,15H2,1H3,(H,23,27). The molecule has 8 nitrogen and oxygen atoms in total. The van der Waals surface area contributed by atoms with Crippen LogP contribution in [-0.4, -0.2) is 51.3 Å². The molecule has 4 rings (SSSR count). The Hall–Kier alpha value is -2.97. The number of hydrogen-bond acceptors (Lipinski definition) is 7. The molecule has 158 valence electrons. The summed E-state index contributed by atoms with van der Waals surface area (Å²) < 4.78 is 10.6. The quantitative estimate of drug-likeness (QED) is 0.616. The Balaban J connectivity index is 1.24. The monoisotopic (exact) mass is 410 g/mol. The van der Waals surface area contributed by atoms with Crippen molar-refractivity contribution in [1.29, 1.82) is 0 Å². The lowest BCUT2D eigenvalue weighted by Crippen LogP contribution is -2.53. The summed E-state index contributed by atoms with van der Waals surface area (Å²) >= 11 is 0. The Labute approximate surface area is 174 Å². The Bertz CT molecular complexity index is 975. The van der Waals surface area contributed by atoms with Gasteiger partial charge >= 0.3 is 0 Å². The van der Waals surface area contributed by atoms with Gasteiger partial charge in [-0.2, -0.15) is 4.98 Å². The zero-order valence-electron chi connectivity index (χ0n) is 17.0. The summed E-state index contributed by atoms with van der Waals surface area (Å²) in [6, 6.07) is 11.6. The van der Waals surface area contributed by atoms with Crippen molar-refractivity contribution in [3.63, 3.8) is 0 Å². The highest BCUT2D eigenvalue weighted by atomic mass is 16.5. The molecule has 3 heterocycles. The normalized spacial score (nSPS) is 16.5. The van der Waals surface area contributed by atoms with Crippen LogP contribution in [0.2, 0.25) is 0 Å². The third-order valence-electron chi connectivity index (χ3n) is 5.62. The lowest BCUT2D eigenvalue weighted by molar-refractivity contribution is -0.144. The van der Waals surface area contributed by atoms with Gasteiger partial charge in [-0.1, -0.05) is 29.4 Å². The van der Waals surface area contributed by atoms with E-state index in [1.807, 2.05) is 12.1 Å². The van der Waals surface area contributed by atoms with Crippen LogP contribution in [0, 0.1) is 6.92 Å².